The predicted octanol–water partition coefficient (Wildman–Crippen LogP) is 1.45. The van der Waals surface area contributed by atoms with Gasteiger partial charge >= 0.3 is 0 Å². The van der Waals surface area contributed by atoms with Gasteiger partial charge in [-0.3, -0.25) is 10.1 Å². The Hall–Kier alpha value is -1.61. The molecule has 0 fully saturated rings. The fourth-order valence-electron chi connectivity index (χ4n) is 1.69. The second-order valence-corrected chi connectivity index (χ2v) is 5.84. The molecule has 0 unspecified atom stereocenters. The minimum Gasteiger partial charge on any atom is -0.316 e. The van der Waals surface area contributed by atoms with Crippen LogP contribution in [0.4, 0.5) is 11.4 Å². The first-order chi connectivity index (χ1) is 8.38. The number of para-hydroxylation sites is 1. The number of amidine groups is 1. The summed E-state index contributed by atoms with van der Waals surface area (Å²) in [6, 6.07) is 3.92. The molecule has 0 bridgehead atoms. The molecule has 0 aliphatic carbocycles. The quantitative estimate of drug-likeness (QED) is 0.573. The van der Waals surface area contributed by atoms with Gasteiger partial charge in [0.2, 0.25) is 0 Å². The van der Waals surface area contributed by atoms with Crippen molar-refractivity contribution in [3.63, 3.8) is 0 Å². The average Bonchev–Trinajstić information content (AvgIpc) is 2.33. The summed E-state index contributed by atoms with van der Waals surface area (Å²) < 4.78 is 27.4. The molecule has 1 aromatic carbocycles. The lowest BCUT2D eigenvalue weighted by Gasteiger charge is -2.25. The molecule has 7 nitrogen and oxygen atoms in total. The first kappa shape index (κ1) is 12.8. The Kier molecular flexibility index (Phi) is 3.03. The van der Waals surface area contributed by atoms with E-state index < -0.39 is 14.9 Å². The lowest BCUT2D eigenvalue weighted by Crippen LogP contribution is -2.30. The maximum Gasteiger partial charge on any atom is 0.294 e. The number of thioether (sulfide) groups is 1. The molecule has 96 valence electrons. The molecular weight excluding hydrogens is 278 g/mol. The third-order valence-electron chi connectivity index (χ3n) is 2.46. The van der Waals surface area contributed by atoms with Crippen molar-refractivity contribution >= 4 is 38.3 Å². The Balaban J connectivity index is 2.81. The van der Waals surface area contributed by atoms with Gasteiger partial charge in [0.1, 0.15) is 10.6 Å². The van der Waals surface area contributed by atoms with Gasteiger partial charge in [0.05, 0.1) is 4.92 Å². The highest BCUT2D eigenvalue weighted by molar-refractivity contribution is 8.14. The zero-order valence-electron chi connectivity index (χ0n) is 9.52. The third-order valence-corrected chi connectivity index (χ3v) is 4.60. The molecular formula is C9H9N3O4S2. The van der Waals surface area contributed by atoms with Gasteiger partial charge in [0, 0.05) is 13.1 Å². The summed E-state index contributed by atoms with van der Waals surface area (Å²) in [4.78, 5) is 11.6. The number of sulfonamides is 1. The monoisotopic (exact) mass is 287 g/mol. The van der Waals surface area contributed by atoms with Gasteiger partial charge in [-0.15, -0.1) is 4.40 Å². The average molecular weight is 287 g/mol. The van der Waals surface area contributed by atoms with E-state index in [2.05, 4.69) is 4.40 Å². The molecule has 2 rings (SSSR count). The first-order valence-corrected chi connectivity index (χ1v) is 7.45. The van der Waals surface area contributed by atoms with E-state index in [-0.39, 0.29) is 21.4 Å². The highest BCUT2D eigenvalue weighted by Gasteiger charge is 2.34. The molecule has 0 atom stereocenters. The number of nitro groups is 1. The number of benzene rings is 1. The number of fused-ring (bicyclic) bond motifs is 1. The molecule has 0 radical (unpaired) electrons. The van der Waals surface area contributed by atoms with Crippen LogP contribution in [-0.4, -0.2) is 31.8 Å². The number of nitrogens with zero attached hydrogens (tertiary/aromatic N) is 3. The number of anilines is 1. The van der Waals surface area contributed by atoms with Gasteiger partial charge in [-0.1, -0.05) is 17.8 Å². The van der Waals surface area contributed by atoms with Crippen molar-refractivity contribution in [3.8, 4) is 0 Å². The van der Waals surface area contributed by atoms with E-state index in [1.807, 2.05) is 0 Å². The van der Waals surface area contributed by atoms with Crippen LogP contribution in [0.2, 0.25) is 0 Å². The summed E-state index contributed by atoms with van der Waals surface area (Å²) in [7, 11) is -2.32. The summed E-state index contributed by atoms with van der Waals surface area (Å²) in [6.07, 6.45) is 1.66. The van der Waals surface area contributed by atoms with Crippen molar-refractivity contribution < 1.29 is 13.3 Å². The van der Waals surface area contributed by atoms with Crippen LogP contribution in [0.25, 0.3) is 0 Å². The highest BCUT2D eigenvalue weighted by atomic mass is 32.2. The van der Waals surface area contributed by atoms with E-state index in [1.54, 1.807) is 13.3 Å². The van der Waals surface area contributed by atoms with Crippen LogP contribution in [0.1, 0.15) is 0 Å². The second-order valence-electron chi connectivity index (χ2n) is 3.49. The minimum absolute atomic E-state index is 0.0573. The Morgan fingerprint density at radius 2 is 2.11 bits per heavy atom. The van der Waals surface area contributed by atoms with E-state index in [0.717, 1.165) is 11.8 Å². The molecule has 1 aliphatic rings. The molecule has 1 aliphatic heterocycles. The zero-order chi connectivity index (χ0) is 13.5. The van der Waals surface area contributed by atoms with Gasteiger partial charge < -0.3 is 4.90 Å². The third kappa shape index (κ3) is 1.85. The van der Waals surface area contributed by atoms with E-state index in [0.29, 0.717) is 0 Å². The van der Waals surface area contributed by atoms with Crippen LogP contribution in [0.3, 0.4) is 0 Å². The SMILES string of the molecule is CSC1=NS(=O)(=O)c2cccc([N+](=O)[O-])c2N1C. The number of rotatable bonds is 1. The van der Waals surface area contributed by atoms with Gasteiger partial charge in [-0.2, -0.15) is 8.42 Å². The van der Waals surface area contributed by atoms with Gasteiger partial charge in [-0.25, -0.2) is 0 Å². The standard InChI is InChI=1S/C9H9N3O4S2/c1-11-8-6(12(13)14)4-3-5-7(8)18(15,16)10-9(11)17-2/h3-5H,1-2H3. The van der Waals surface area contributed by atoms with Gasteiger partial charge in [-0.05, 0) is 12.3 Å². The van der Waals surface area contributed by atoms with E-state index in [4.69, 9.17) is 0 Å². The number of hydrogen-bond acceptors (Lipinski definition) is 6. The normalized spacial score (nSPS) is 17.0. The molecule has 0 saturated carbocycles. The lowest BCUT2D eigenvalue weighted by atomic mass is 10.2. The Bertz CT molecular complexity index is 654. The Morgan fingerprint density at radius 1 is 1.44 bits per heavy atom. The summed E-state index contributed by atoms with van der Waals surface area (Å²) in [5.41, 5.74) is -0.193. The fraction of sp³-hybridized carbons (Fsp3) is 0.222. The fourth-order valence-corrected chi connectivity index (χ4v) is 3.81. The van der Waals surface area contributed by atoms with Crippen LogP contribution in [0, 0.1) is 10.1 Å². The molecule has 18 heavy (non-hydrogen) atoms. The van der Waals surface area contributed by atoms with Crippen molar-refractivity contribution in [1.29, 1.82) is 0 Å². The largest absolute Gasteiger partial charge is 0.316 e. The van der Waals surface area contributed by atoms with Crippen molar-refractivity contribution in [1.82, 2.24) is 0 Å². The maximum absolute atomic E-state index is 11.9. The highest BCUT2D eigenvalue weighted by Crippen LogP contribution is 2.39. The van der Waals surface area contributed by atoms with Gasteiger partial charge in [0.15, 0.2) is 5.17 Å². The lowest BCUT2D eigenvalue weighted by molar-refractivity contribution is -0.384. The Morgan fingerprint density at radius 3 is 2.67 bits per heavy atom. The van der Waals surface area contributed by atoms with Crippen molar-refractivity contribution in [2.24, 2.45) is 4.40 Å². The molecule has 1 heterocycles. The van der Waals surface area contributed by atoms with Crippen molar-refractivity contribution in [3.05, 3.63) is 28.3 Å². The molecule has 1 aromatic rings. The molecule has 0 spiro atoms. The first-order valence-electron chi connectivity index (χ1n) is 4.78. The van der Waals surface area contributed by atoms with Crippen molar-refractivity contribution in [2.75, 3.05) is 18.2 Å². The molecule has 0 saturated heterocycles. The van der Waals surface area contributed by atoms with Crippen LogP contribution >= 0.6 is 11.8 Å². The molecule has 0 amide bonds. The van der Waals surface area contributed by atoms with E-state index >= 15 is 0 Å². The topological polar surface area (TPSA) is 92.9 Å². The van der Waals surface area contributed by atoms with Crippen LogP contribution in [0.15, 0.2) is 27.5 Å². The predicted molar refractivity (Wildman–Crippen MR) is 69.6 cm³/mol. The van der Waals surface area contributed by atoms with Gasteiger partial charge in [0.25, 0.3) is 15.7 Å². The summed E-state index contributed by atoms with van der Waals surface area (Å²) >= 11 is 1.11. The van der Waals surface area contributed by atoms with Crippen LogP contribution in [0.5, 0.6) is 0 Å². The van der Waals surface area contributed by atoms with Crippen LogP contribution in [-0.2, 0) is 10.0 Å². The number of nitro benzene ring substituents is 1. The van der Waals surface area contributed by atoms with E-state index in [9.17, 15) is 18.5 Å². The molecule has 0 N–H and O–H groups in total. The van der Waals surface area contributed by atoms with Crippen LogP contribution < -0.4 is 4.90 Å². The second kappa shape index (κ2) is 4.25. The zero-order valence-corrected chi connectivity index (χ0v) is 11.2. The Labute approximate surface area is 108 Å². The molecule has 0 aromatic heterocycles. The molecule has 9 heteroatoms. The summed E-state index contributed by atoms with van der Waals surface area (Å²) in [5, 5.41) is 11.2. The van der Waals surface area contributed by atoms with Crippen molar-refractivity contribution in [2.45, 2.75) is 4.90 Å². The smallest absolute Gasteiger partial charge is 0.294 e. The summed E-state index contributed by atoms with van der Waals surface area (Å²) in [6.45, 7) is 0. The van der Waals surface area contributed by atoms with E-state index in [1.165, 1.54) is 23.1 Å². The summed E-state index contributed by atoms with van der Waals surface area (Å²) in [5.74, 6) is 0. The number of hydrogen-bond donors (Lipinski definition) is 0. The minimum atomic E-state index is -3.87. The maximum atomic E-state index is 11.9.